The van der Waals surface area contributed by atoms with Gasteiger partial charge in [0.05, 0.1) is 41.8 Å². The summed E-state index contributed by atoms with van der Waals surface area (Å²) in [7, 11) is -3.31. The number of ether oxygens (including phenoxy) is 2. The van der Waals surface area contributed by atoms with E-state index in [0.717, 1.165) is 80.0 Å². The maximum absolute atomic E-state index is 12.3. The molecule has 2 aliphatic rings. The van der Waals surface area contributed by atoms with E-state index in [9.17, 15) is 13.7 Å². The highest BCUT2D eigenvalue weighted by Gasteiger charge is 2.35. The van der Waals surface area contributed by atoms with Crippen LogP contribution in [0.5, 0.6) is 5.75 Å². The van der Waals surface area contributed by atoms with Crippen molar-refractivity contribution in [2.45, 2.75) is 38.0 Å². The molecule has 1 N–H and O–H groups in total. The Hall–Kier alpha value is -3.06. The molecule has 1 saturated heterocycles. The second-order valence-electron chi connectivity index (χ2n) is 9.34. The molecule has 1 aliphatic carbocycles. The number of benzene rings is 2. The van der Waals surface area contributed by atoms with Crippen molar-refractivity contribution in [1.82, 2.24) is 9.47 Å². The zero-order valence-corrected chi connectivity index (χ0v) is 21.4. The van der Waals surface area contributed by atoms with Crippen LogP contribution in [0, 0.1) is 11.3 Å². The topological polar surface area (TPSA) is 96.6 Å². The minimum absolute atomic E-state index is 0.277. The van der Waals surface area contributed by atoms with Crippen LogP contribution in [-0.2, 0) is 21.3 Å². The third-order valence-electron chi connectivity index (χ3n) is 6.84. The van der Waals surface area contributed by atoms with Gasteiger partial charge in [-0.15, -0.1) is 0 Å². The van der Waals surface area contributed by atoms with Gasteiger partial charge in [0.2, 0.25) is 10.0 Å². The van der Waals surface area contributed by atoms with Crippen LogP contribution in [0.15, 0.2) is 42.5 Å². The minimum atomic E-state index is -3.31. The van der Waals surface area contributed by atoms with E-state index in [4.69, 9.17) is 9.47 Å². The lowest BCUT2D eigenvalue weighted by Crippen LogP contribution is -2.37. The number of rotatable bonds is 10. The van der Waals surface area contributed by atoms with Gasteiger partial charge in [-0.1, -0.05) is 12.1 Å². The second kappa shape index (κ2) is 10.5. The number of nitrogens with one attached hydrogen (secondary N) is 1. The number of nitriles is 1. The maximum atomic E-state index is 12.3. The Bertz CT molecular complexity index is 1370. The summed E-state index contributed by atoms with van der Waals surface area (Å²) in [6.07, 6.45) is 2.38. The molecule has 3 aromatic rings. The molecule has 0 bridgehead atoms. The Labute approximate surface area is 212 Å². The summed E-state index contributed by atoms with van der Waals surface area (Å²) in [4.78, 5) is 2.39. The van der Waals surface area contributed by atoms with E-state index in [0.29, 0.717) is 24.4 Å². The van der Waals surface area contributed by atoms with Crippen LogP contribution >= 0.6 is 0 Å². The molecular formula is C27H32N4O4S. The van der Waals surface area contributed by atoms with Gasteiger partial charge in [0.1, 0.15) is 11.8 Å². The van der Waals surface area contributed by atoms with Gasteiger partial charge < -0.3 is 14.0 Å². The lowest BCUT2D eigenvalue weighted by Gasteiger charge is -2.26. The molecule has 36 heavy (non-hydrogen) atoms. The van der Waals surface area contributed by atoms with E-state index < -0.39 is 10.0 Å². The molecule has 2 heterocycles. The summed E-state index contributed by atoms with van der Waals surface area (Å²) in [5.41, 5.74) is 3.80. The first-order valence-corrected chi connectivity index (χ1v) is 14.2. The quantitative estimate of drug-likeness (QED) is 0.412. The fourth-order valence-electron chi connectivity index (χ4n) is 4.79. The molecule has 1 aliphatic heterocycles. The zero-order chi connectivity index (χ0) is 25.1. The van der Waals surface area contributed by atoms with Crippen LogP contribution in [0.2, 0.25) is 0 Å². The average molecular weight is 509 g/mol. The number of morpholine rings is 1. The van der Waals surface area contributed by atoms with Crippen LogP contribution in [0.3, 0.4) is 0 Å². The zero-order valence-electron chi connectivity index (χ0n) is 20.6. The van der Waals surface area contributed by atoms with Crippen molar-refractivity contribution in [2.24, 2.45) is 0 Å². The van der Waals surface area contributed by atoms with E-state index in [1.165, 1.54) is 0 Å². The first-order valence-electron chi connectivity index (χ1n) is 12.6. The van der Waals surface area contributed by atoms with Crippen molar-refractivity contribution in [3.63, 3.8) is 0 Å². The predicted octanol–water partition coefficient (Wildman–Crippen LogP) is 4.21. The Kier molecular flexibility index (Phi) is 7.19. The summed E-state index contributed by atoms with van der Waals surface area (Å²) in [5.74, 6) is 0.789. The number of nitrogens with zero attached hydrogens (tertiary/aromatic N) is 3. The normalized spacial score (nSPS) is 16.7. The highest BCUT2D eigenvalue weighted by Crippen LogP contribution is 2.36. The standard InChI is InChI=1S/C27H32N4O4S/c1-2-31-26-18-22(35-15-3-12-30-13-16-34-17-14-30)8-11-24(26)25(19-28)27(31)20-4-6-21(7-5-20)29-36(32,33)23-9-10-23/h4-8,11,18,23,29H,2-3,9-10,12-17H2,1H3. The highest BCUT2D eigenvalue weighted by atomic mass is 32.2. The van der Waals surface area contributed by atoms with E-state index >= 15 is 0 Å². The molecule has 190 valence electrons. The third kappa shape index (κ3) is 5.21. The molecule has 5 rings (SSSR count). The van der Waals surface area contributed by atoms with Gasteiger partial charge >= 0.3 is 0 Å². The fraction of sp³-hybridized carbons (Fsp3) is 0.444. The van der Waals surface area contributed by atoms with Gasteiger partial charge in [0, 0.05) is 43.3 Å². The first kappa shape index (κ1) is 24.6. The van der Waals surface area contributed by atoms with E-state index in [-0.39, 0.29) is 5.25 Å². The molecule has 9 heteroatoms. The van der Waals surface area contributed by atoms with Gasteiger partial charge in [0.15, 0.2) is 0 Å². The number of aryl methyl sites for hydroxylation is 1. The Morgan fingerprint density at radius 2 is 1.89 bits per heavy atom. The number of anilines is 1. The third-order valence-corrected chi connectivity index (χ3v) is 8.71. The largest absolute Gasteiger partial charge is 0.493 e. The van der Waals surface area contributed by atoms with E-state index in [2.05, 4.69) is 27.2 Å². The monoisotopic (exact) mass is 508 g/mol. The summed E-state index contributed by atoms with van der Waals surface area (Å²) in [5, 5.41) is 10.6. The highest BCUT2D eigenvalue weighted by molar-refractivity contribution is 7.93. The van der Waals surface area contributed by atoms with Gasteiger partial charge in [-0.2, -0.15) is 5.26 Å². The summed E-state index contributed by atoms with van der Waals surface area (Å²) < 4.78 is 40.8. The molecule has 0 unspecified atom stereocenters. The Morgan fingerprint density at radius 1 is 1.14 bits per heavy atom. The average Bonchev–Trinajstić information content (AvgIpc) is 3.71. The van der Waals surface area contributed by atoms with Crippen LogP contribution in [-0.4, -0.2) is 62.6 Å². The fourth-order valence-corrected chi connectivity index (χ4v) is 6.17. The molecule has 1 saturated carbocycles. The smallest absolute Gasteiger partial charge is 0.235 e. The molecule has 0 atom stereocenters. The SMILES string of the molecule is CCn1c(-c2ccc(NS(=O)(=O)C3CC3)cc2)c(C#N)c2ccc(OCCCN3CCOCC3)cc21. The molecule has 0 amide bonds. The van der Waals surface area contributed by atoms with Crippen molar-refractivity contribution in [2.75, 3.05) is 44.2 Å². The lowest BCUT2D eigenvalue weighted by atomic mass is 10.1. The molecule has 0 radical (unpaired) electrons. The summed E-state index contributed by atoms with van der Waals surface area (Å²) >= 11 is 0. The van der Waals surface area contributed by atoms with Crippen LogP contribution < -0.4 is 9.46 Å². The van der Waals surface area contributed by atoms with Crippen molar-refractivity contribution < 1.29 is 17.9 Å². The number of aromatic nitrogens is 1. The van der Waals surface area contributed by atoms with Gasteiger partial charge in [-0.05, 0) is 56.0 Å². The predicted molar refractivity (Wildman–Crippen MR) is 141 cm³/mol. The lowest BCUT2D eigenvalue weighted by molar-refractivity contribution is 0.0358. The number of hydrogen-bond acceptors (Lipinski definition) is 6. The number of fused-ring (bicyclic) bond motifs is 1. The Balaban J connectivity index is 1.35. The van der Waals surface area contributed by atoms with E-state index in [1.54, 1.807) is 12.1 Å². The van der Waals surface area contributed by atoms with Crippen molar-refractivity contribution >= 4 is 26.6 Å². The van der Waals surface area contributed by atoms with Crippen LogP contribution in [0.1, 0.15) is 31.7 Å². The maximum Gasteiger partial charge on any atom is 0.235 e. The molecular weight excluding hydrogens is 476 g/mol. The van der Waals surface area contributed by atoms with Crippen molar-refractivity contribution in [3.05, 3.63) is 48.0 Å². The van der Waals surface area contributed by atoms with Gasteiger partial charge in [0.25, 0.3) is 0 Å². The summed E-state index contributed by atoms with van der Waals surface area (Å²) in [6, 6.07) is 15.5. The second-order valence-corrected chi connectivity index (χ2v) is 11.3. The molecule has 2 fully saturated rings. The van der Waals surface area contributed by atoms with Gasteiger partial charge in [-0.3, -0.25) is 9.62 Å². The van der Waals surface area contributed by atoms with Crippen molar-refractivity contribution in [3.8, 4) is 23.1 Å². The number of hydrogen-bond donors (Lipinski definition) is 1. The summed E-state index contributed by atoms with van der Waals surface area (Å²) in [6.45, 7) is 7.91. The molecule has 1 aromatic heterocycles. The molecule has 0 spiro atoms. The Morgan fingerprint density at radius 3 is 2.56 bits per heavy atom. The van der Waals surface area contributed by atoms with E-state index in [1.807, 2.05) is 30.3 Å². The minimum Gasteiger partial charge on any atom is -0.493 e. The first-order chi connectivity index (χ1) is 17.5. The van der Waals surface area contributed by atoms with Crippen molar-refractivity contribution in [1.29, 1.82) is 5.26 Å². The van der Waals surface area contributed by atoms with Crippen LogP contribution in [0.4, 0.5) is 5.69 Å². The van der Waals surface area contributed by atoms with Gasteiger partial charge in [-0.25, -0.2) is 8.42 Å². The molecule has 8 nitrogen and oxygen atoms in total. The number of sulfonamides is 1. The van der Waals surface area contributed by atoms with Crippen LogP contribution in [0.25, 0.3) is 22.2 Å². The molecule has 2 aromatic carbocycles.